The number of hydrogen-bond acceptors (Lipinski definition) is 4. The fraction of sp³-hybridized carbons (Fsp3) is 0.308. The highest BCUT2D eigenvalue weighted by Gasteiger charge is 2.16. The van der Waals surface area contributed by atoms with Gasteiger partial charge in [-0.1, -0.05) is 23.5 Å². The van der Waals surface area contributed by atoms with Gasteiger partial charge in [-0.15, -0.1) is 0 Å². The minimum Gasteiger partial charge on any atom is -0.396 e. The van der Waals surface area contributed by atoms with E-state index in [0.717, 1.165) is 16.1 Å². The lowest BCUT2D eigenvalue weighted by Crippen LogP contribution is -2.35. The number of rotatable bonds is 5. The maximum Gasteiger partial charge on any atom is 0.269 e. The van der Waals surface area contributed by atoms with Crippen molar-refractivity contribution < 1.29 is 14.6 Å². The summed E-state index contributed by atoms with van der Waals surface area (Å²) in [5, 5.41) is 19.7. The van der Waals surface area contributed by atoms with Crippen LogP contribution in [0.2, 0.25) is 0 Å². The lowest BCUT2D eigenvalue weighted by atomic mass is 10.2. The van der Waals surface area contributed by atoms with Crippen molar-refractivity contribution in [2.45, 2.75) is 19.9 Å². The molecule has 0 radical (unpaired) electrons. The molecule has 0 aliphatic heterocycles. The fourth-order valence-corrected chi connectivity index (χ4v) is 2.90. The Morgan fingerprint density at radius 3 is 2.95 bits per heavy atom. The summed E-state index contributed by atoms with van der Waals surface area (Å²) in [6.07, 6.45) is 0.651. The molecule has 5 nitrogen and oxygen atoms in total. The Labute approximate surface area is 114 Å². The second-order valence-corrected chi connectivity index (χ2v) is 5.20. The van der Waals surface area contributed by atoms with E-state index < -0.39 is 0 Å². The van der Waals surface area contributed by atoms with Crippen molar-refractivity contribution in [2.75, 3.05) is 6.61 Å². The molecule has 0 saturated carbocycles. The van der Waals surface area contributed by atoms with E-state index in [2.05, 4.69) is 4.57 Å². The number of aromatic nitrogens is 1. The van der Waals surface area contributed by atoms with E-state index in [1.54, 1.807) is 23.5 Å². The molecule has 2 aromatic rings. The molecule has 1 N–H and O–H groups in total. The Balaban J connectivity index is 2.21. The van der Waals surface area contributed by atoms with Gasteiger partial charge in [0.2, 0.25) is 5.51 Å². The van der Waals surface area contributed by atoms with Gasteiger partial charge in [0.25, 0.3) is 5.69 Å². The number of thiazole rings is 1. The van der Waals surface area contributed by atoms with Crippen molar-refractivity contribution in [2.24, 2.45) is 0 Å². The molecule has 0 atom stereocenters. The molecule has 2 rings (SSSR count). The Hall–Kier alpha value is -1.79. The number of nitrogens with zero attached hydrogens (tertiary/aromatic N) is 2. The van der Waals surface area contributed by atoms with Crippen LogP contribution in [0.1, 0.15) is 16.1 Å². The van der Waals surface area contributed by atoms with Crippen molar-refractivity contribution >= 4 is 17.0 Å². The minimum absolute atomic E-state index is 0.113. The first kappa shape index (κ1) is 13.6. The predicted molar refractivity (Wildman–Crippen MR) is 72.2 cm³/mol. The largest absolute Gasteiger partial charge is 0.396 e. The van der Waals surface area contributed by atoms with Crippen molar-refractivity contribution in [1.82, 2.24) is 0 Å². The number of aliphatic hydroxyl groups excluding tert-OH is 1. The fourth-order valence-electron chi connectivity index (χ4n) is 1.91. The maximum atomic E-state index is 10.7. The van der Waals surface area contributed by atoms with Gasteiger partial charge in [0.1, 0.15) is 0 Å². The molecule has 0 spiro atoms. The van der Waals surface area contributed by atoms with E-state index in [1.807, 2.05) is 18.5 Å². The van der Waals surface area contributed by atoms with Gasteiger partial charge in [0.15, 0.2) is 12.2 Å². The maximum absolute atomic E-state index is 10.7. The van der Waals surface area contributed by atoms with E-state index in [1.165, 1.54) is 6.07 Å². The average Bonchev–Trinajstić information content (AvgIpc) is 2.72. The smallest absolute Gasteiger partial charge is 0.269 e. The molecule has 0 saturated heterocycles. The van der Waals surface area contributed by atoms with Crippen molar-refractivity contribution in [3.8, 4) is 0 Å². The number of nitro benzene ring substituents is 1. The second-order valence-electron chi connectivity index (χ2n) is 4.26. The van der Waals surface area contributed by atoms with Gasteiger partial charge < -0.3 is 5.11 Å². The zero-order chi connectivity index (χ0) is 13.8. The van der Waals surface area contributed by atoms with Crippen LogP contribution in [0.25, 0.3) is 0 Å². The van der Waals surface area contributed by atoms with Crippen LogP contribution in [0.3, 0.4) is 0 Å². The van der Waals surface area contributed by atoms with Crippen LogP contribution in [0.4, 0.5) is 5.69 Å². The third-order valence-electron chi connectivity index (χ3n) is 2.97. The Bertz CT molecular complexity index is 595. The van der Waals surface area contributed by atoms with Crippen LogP contribution < -0.4 is 4.57 Å². The minimum atomic E-state index is -0.383. The molecule has 6 heteroatoms. The number of nitro groups is 1. The summed E-state index contributed by atoms with van der Waals surface area (Å²) in [6.45, 7) is 2.74. The first-order chi connectivity index (χ1) is 9.11. The molecule has 1 aromatic heterocycles. The van der Waals surface area contributed by atoms with Gasteiger partial charge in [-0.05, 0) is 0 Å². The molecule has 100 valence electrons. The Morgan fingerprint density at radius 1 is 1.47 bits per heavy atom. The number of non-ortho nitro benzene ring substituents is 1. The highest BCUT2D eigenvalue weighted by atomic mass is 32.1. The van der Waals surface area contributed by atoms with Crippen molar-refractivity contribution in [3.63, 3.8) is 0 Å². The van der Waals surface area contributed by atoms with Crippen molar-refractivity contribution in [1.29, 1.82) is 0 Å². The topological polar surface area (TPSA) is 67.2 Å². The van der Waals surface area contributed by atoms with Crippen LogP contribution in [0.15, 0.2) is 29.8 Å². The zero-order valence-electron chi connectivity index (χ0n) is 10.6. The van der Waals surface area contributed by atoms with E-state index in [4.69, 9.17) is 5.11 Å². The van der Waals surface area contributed by atoms with E-state index >= 15 is 0 Å². The van der Waals surface area contributed by atoms with Gasteiger partial charge >= 0.3 is 0 Å². The highest BCUT2D eigenvalue weighted by molar-refractivity contribution is 7.09. The summed E-state index contributed by atoms with van der Waals surface area (Å²) < 4.78 is 2.05. The van der Waals surface area contributed by atoms with Gasteiger partial charge in [0.05, 0.1) is 9.80 Å². The van der Waals surface area contributed by atoms with E-state index in [-0.39, 0.29) is 17.2 Å². The molecule has 1 heterocycles. The number of aliphatic hydroxyl groups is 1. The SMILES string of the molecule is Cc1c(CCO)sc[n+]1Cc1cccc([N+](=O)[O-])c1. The first-order valence-corrected chi connectivity index (χ1v) is 6.80. The molecular weight excluding hydrogens is 264 g/mol. The molecule has 0 unspecified atom stereocenters. The lowest BCUT2D eigenvalue weighted by molar-refractivity contribution is -0.689. The standard InChI is InChI=1S/C13H15N2O3S/c1-10-13(5-6-16)19-9-14(10)8-11-3-2-4-12(7-11)15(17)18/h2-4,7,9,16H,5-6,8H2,1H3/q+1. The second kappa shape index (κ2) is 5.90. The summed E-state index contributed by atoms with van der Waals surface area (Å²) in [5.41, 5.74) is 4.10. The summed E-state index contributed by atoms with van der Waals surface area (Å²) in [7, 11) is 0. The molecule has 0 bridgehead atoms. The molecular formula is C13H15N2O3S+. The molecule has 0 amide bonds. The third-order valence-corrected chi connectivity index (χ3v) is 4.11. The Kier molecular flexibility index (Phi) is 4.24. The van der Waals surface area contributed by atoms with Gasteiger partial charge in [0, 0.05) is 37.6 Å². The highest BCUT2D eigenvalue weighted by Crippen LogP contribution is 2.15. The predicted octanol–water partition coefficient (Wildman–Crippen LogP) is 1.84. The van der Waals surface area contributed by atoms with E-state index in [9.17, 15) is 10.1 Å². The summed E-state index contributed by atoms with van der Waals surface area (Å²) in [4.78, 5) is 11.5. The van der Waals surface area contributed by atoms with Crippen LogP contribution in [0.5, 0.6) is 0 Å². The van der Waals surface area contributed by atoms with Crippen molar-refractivity contribution in [3.05, 3.63) is 56.0 Å². The van der Waals surface area contributed by atoms with Gasteiger partial charge in [-0.25, -0.2) is 0 Å². The van der Waals surface area contributed by atoms with E-state index in [0.29, 0.717) is 13.0 Å². The lowest BCUT2D eigenvalue weighted by Gasteiger charge is -1.98. The zero-order valence-corrected chi connectivity index (χ0v) is 11.4. The normalized spacial score (nSPS) is 10.6. The summed E-state index contributed by atoms with van der Waals surface area (Å²) in [5.74, 6) is 0. The number of hydrogen-bond donors (Lipinski definition) is 1. The molecule has 19 heavy (non-hydrogen) atoms. The van der Waals surface area contributed by atoms with Crippen LogP contribution in [0, 0.1) is 17.0 Å². The summed E-state index contributed by atoms with van der Waals surface area (Å²) in [6, 6.07) is 6.66. The van der Waals surface area contributed by atoms with Crippen LogP contribution >= 0.6 is 11.3 Å². The number of benzene rings is 1. The first-order valence-electron chi connectivity index (χ1n) is 5.92. The molecule has 0 aliphatic rings. The molecule has 0 fully saturated rings. The molecule has 0 aliphatic carbocycles. The van der Waals surface area contributed by atoms with Gasteiger partial charge in [-0.2, -0.15) is 4.57 Å². The van der Waals surface area contributed by atoms with Crippen LogP contribution in [-0.2, 0) is 13.0 Å². The third kappa shape index (κ3) is 3.15. The Morgan fingerprint density at radius 2 is 2.26 bits per heavy atom. The monoisotopic (exact) mass is 279 g/mol. The average molecular weight is 279 g/mol. The van der Waals surface area contributed by atoms with Crippen LogP contribution in [-0.4, -0.2) is 16.6 Å². The summed E-state index contributed by atoms with van der Waals surface area (Å²) >= 11 is 1.60. The molecule has 1 aromatic carbocycles. The van der Waals surface area contributed by atoms with Gasteiger partial charge in [-0.3, -0.25) is 10.1 Å². The quantitative estimate of drug-likeness (QED) is 0.516.